The van der Waals surface area contributed by atoms with Crippen molar-refractivity contribution in [2.45, 2.75) is 261 Å². The van der Waals surface area contributed by atoms with E-state index in [0.717, 1.165) is 32.1 Å². The van der Waals surface area contributed by atoms with Gasteiger partial charge in [-0.1, -0.05) is 173 Å². The van der Waals surface area contributed by atoms with Crippen molar-refractivity contribution in [1.82, 2.24) is 5.32 Å². The van der Waals surface area contributed by atoms with E-state index >= 15 is 0 Å². The van der Waals surface area contributed by atoms with E-state index in [0.29, 0.717) is 12.8 Å². The van der Waals surface area contributed by atoms with Gasteiger partial charge in [0, 0.05) is 6.42 Å². The van der Waals surface area contributed by atoms with Gasteiger partial charge in [-0.3, -0.25) is 4.79 Å². The Morgan fingerprint density at radius 3 is 1.56 bits per heavy atom. The van der Waals surface area contributed by atoms with Crippen molar-refractivity contribution in [3.63, 3.8) is 0 Å². The van der Waals surface area contributed by atoms with E-state index < -0.39 is 86.8 Å². The van der Waals surface area contributed by atoms with E-state index in [9.17, 15) is 45.6 Å². The smallest absolute Gasteiger partial charge is 0.220 e. The fraction of sp³-hybridized carbons (Fsp3) is 0.898. The molecule has 14 nitrogen and oxygen atoms in total. The van der Waals surface area contributed by atoms with Crippen molar-refractivity contribution in [2.75, 3.05) is 19.8 Å². The number of nitrogens with one attached hydrogen (secondary N) is 1. The van der Waals surface area contributed by atoms with Crippen LogP contribution in [0.5, 0.6) is 0 Å². The topological polar surface area (TPSA) is 228 Å². The summed E-state index contributed by atoms with van der Waals surface area (Å²) in [6.45, 7) is 2.74. The van der Waals surface area contributed by atoms with Crippen LogP contribution in [0, 0.1) is 0 Å². The van der Waals surface area contributed by atoms with Gasteiger partial charge in [-0.15, -0.1) is 0 Å². The standard InChI is InChI=1S/C49H91NO13/c1-3-5-7-9-11-13-15-16-17-18-19-20-21-22-23-24-26-28-30-32-38(53)37(50-41(54)33-31-29-27-25-14-12-10-8-6-4-2)36-60-48-46(59)44(57)47(40(35-52)62-48)63-49-45(58)43(56)42(55)39(34-51)61-49/h23-24,30,32,37-40,42-49,51-53,55-59H,3-22,25-29,31,33-36H2,1-2H3,(H,50,54)/b24-23+,32-30+. The van der Waals surface area contributed by atoms with Crippen molar-refractivity contribution < 1.29 is 64.6 Å². The number of unbranched alkanes of at least 4 members (excludes halogenated alkanes) is 23. The summed E-state index contributed by atoms with van der Waals surface area (Å²) >= 11 is 0. The summed E-state index contributed by atoms with van der Waals surface area (Å²) in [5.41, 5.74) is 0. The molecule has 2 heterocycles. The molecule has 0 radical (unpaired) electrons. The predicted octanol–water partition coefficient (Wildman–Crippen LogP) is 6.16. The first kappa shape index (κ1) is 57.6. The molecule has 63 heavy (non-hydrogen) atoms. The molecule has 2 aliphatic rings. The van der Waals surface area contributed by atoms with E-state index in [4.69, 9.17) is 18.9 Å². The first-order chi connectivity index (χ1) is 30.6. The monoisotopic (exact) mass is 902 g/mol. The first-order valence-corrected chi connectivity index (χ1v) is 25.1. The van der Waals surface area contributed by atoms with Crippen molar-refractivity contribution in [2.24, 2.45) is 0 Å². The van der Waals surface area contributed by atoms with Gasteiger partial charge in [0.05, 0.1) is 32.0 Å². The van der Waals surface area contributed by atoms with E-state index in [1.165, 1.54) is 122 Å². The third-order valence-corrected chi connectivity index (χ3v) is 12.4. The third-order valence-electron chi connectivity index (χ3n) is 12.4. The van der Waals surface area contributed by atoms with Crippen LogP contribution >= 0.6 is 0 Å². The molecular formula is C49H91NO13. The number of ether oxygens (including phenoxy) is 4. The quantitative estimate of drug-likeness (QED) is 0.0250. The summed E-state index contributed by atoms with van der Waals surface area (Å²) in [5.74, 6) is -0.252. The lowest BCUT2D eigenvalue weighted by Crippen LogP contribution is -2.65. The Kier molecular flexibility index (Phi) is 33.4. The maximum atomic E-state index is 13.1. The van der Waals surface area contributed by atoms with Crippen LogP contribution in [0.15, 0.2) is 24.3 Å². The van der Waals surface area contributed by atoms with E-state index in [2.05, 4.69) is 31.3 Å². The van der Waals surface area contributed by atoms with Crippen LogP contribution in [-0.2, 0) is 23.7 Å². The molecule has 2 aliphatic heterocycles. The summed E-state index contributed by atoms with van der Waals surface area (Å²) in [4.78, 5) is 13.1. The lowest BCUT2D eigenvalue weighted by atomic mass is 9.97. The molecule has 1 amide bonds. The molecule has 2 rings (SSSR count). The lowest BCUT2D eigenvalue weighted by molar-refractivity contribution is -0.359. The highest BCUT2D eigenvalue weighted by Gasteiger charge is 2.51. The molecule has 0 aromatic rings. The Labute approximate surface area is 379 Å². The zero-order chi connectivity index (χ0) is 46.1. The summed E-state index contributed by atoms with van der Waals surface area (Å²) in [5, 5.41) is 86.6. The number of amides is 1. The number of carbonyl (C=O) groups is 1. The molecule has 0 saturated carbocycles. The largest absolute Gasteiger partial charge is 0.394 e. The summed E-state index contributed by atoms with van der Waals surface area (Å²) in [6.07, 6.45) is 22.3. The van der Waals surface area contributed by atoms with Gasteiger partial charge >= 0.3 is 0 Å². The summed E-state index contributed by atoms with van der Waals surface area (Å²) < 4.78 is 22.6. The average molecular weight is 902 g/mol. The fourth-order valence-electron chi connectivity index (χ4n) is 8.25. The second-order valence-electron chi connectivity index (χ2n) is 17.9. The molecule has 0 bridgehead atoms. The van der Waals surface area contributed by atoms with Crippen molar-refractivity contribution in [3.05, 3.63) is 24.3 Å². The molecule has 9 N–H and O–H groups in total. The first-order valence-electron chi connectivity index (χ1n) is 25.1. The highest BCUT2D eigenvalue weighted by molar-refractivity contribution is 5.76. The lowest BCUT2D eigenvalue weighted by Gasteiger charge is -2.46. The van der Waals surface area contributed by atoms with Gasteiger partial charge in [-0.05, 0) is 32.1 Å². The SMILES string of the molecule is CCCCCCCCCCCCCCC/C=C/CC/C=C/C(O)C(COC1OC(CO)C(OC2OC(CO)C(O)C(O)C2O)C(O)C1O)NC(=O)CCCCCCCCCCCC. The average Bonchev–Trinajstić information content (AvgIpc) is 3.28. The van der Waals surface area contributed by atoms with Crippen LogP contribution in [-0.4, -0.2) is 140 Å². The van der Waals surface area contributed by atoms with Gasteiger partial charge in [0.1, 0.15) is 48.8 Å². The van der Waals surface area contributed by atoms with Crippen molar-refractivity contribution in [3.8, 4) is 0 Å². The van der Waals surface area contributed by atoms with E-state index in [-0.39, 0.29) is 18.9 Å². The van der Waals surface area contributed by atoms with Gasteiger partial charge < -0.3 is 65.1 Å². The molecule has 0 aromatic carbocycles. The number of carbonyl (C=O) groups excluding carboxylic acids is 1. The normalized spacial score (nSPS) is 27.7. The maximum absolute atomic E-state index is 13.1. The number of hydrogen-bond acceptors (Lipinski definition) is 13. The maximum Gasteiger partial charge on any atom is 0.220 e. The number of rotatable bonds is 38. The molecule has 370 valence electrons. The second kappa shape index (κ2) is 36.6. The molecule has 2 fully saturated rings. The van der Waals surface area contributed by atoms with Crippen LogP contribution in [0.3, 0.4) is 0 Å². The fourth-order valence-corrected chi connectivity index (χ4v) is 8.25. The third kappa shape index (κ3) is 24.2. The Balaban J connectivity index is 1.86. The Bertz CT molecular complexity index is 1160. The second-order valence-corrected chi connectivity index (χ2v) is 17.9. The zero-order valence-corrected chi connectivity index (χ0v) is 39.1. The van der Waals surface area contributed by atoms with Crippen molar-refractivity contribution >= 4 is 5.91 Å². The van der Waals surface area contributed by atoms with E-state index in [1.54, 1.807) is 6.08 Å². The number of aliphatic hydroxyl groups is 8. The van der Waals surface area contributed by atoms with Gasteiger partial charge in [-0.25, -0.2) is 0 Å². The Morgan fingerprint density at radius 2 is 1.02 bits per heavy atom. The molecule has 12 unspecified atom stereocenters. The number of hydrogen-bond donors (Lipinski definition) is 9. The van der Waals surface area contributed by atoms with Crippen LogP contribution in [0.1, 0.15) is 187 Å². The summed E-state index contributed by atoms with van der Waals surface area (Å²) in [6, 6.07) is -0.924. The van der Waals surface area contributed by atoms with Gasteiger partial charge in [0.25, 0.3) is 0 Å². The van der Waals surface area contributed by atoms with E-state index in [1.807, 2.05) is 6.08 Å². The molecule has 0 spiro atoms. The molecule has 0 aliphatic carbocycles. The highest BCUT2D eigenvalue weighted by Crippen LogP contribution is 2.30. The van der Waals surface area contributed by atoms with Gasteiger partial charge in [-0.2, -0.15) is 0 Å². The number of allylic oxidation sites excluding steroid dienone is 3. The molecule has 12 atom stereocenters. The zero-order valence-electron chi connectivity index (χ0n) is 39.1. The molecule has 2 saturated heterocycles. The van der Waals surface area contributed by atoms with Gasteiger partial charge in [0.15, 0.2) is 12.6 Å². The summed E-state index contributed by atoms with van der Waals surface area (Å²) in [7, 11) is 0. The Hall–Kier alpha value is -1.53. The molecule has 0 aromatic heterocycles. The van der Waals surface area contributed by atoms with Crippen LogP contribution in [0.25, 0.3) is 0 Å². The minimum Gasteiger partial charge on any atom is -0.394 e. The van der Waals surface area contributed by atoms with Crippen LogP contribution in [0.2, 0.25) is 0 Å². The van der Waals surface area contributed by atoms with Crippen LogP contribution in [0.4, 0.5) is 0 Å². The molecule has 14 heteroatoms. The van der Waals surface area contributed by atoms with Crippen LogP contribution < -0.4 is 5.32 Å². The highest BCUT2D eigenvalue weighted by atomic mass is 16.7. The minimum absolute atomic E-state index is 0.252. The van der Waals surface area contributed by atoms with Crippen molar-refractivity contribution in [1.29, 1.82) is 0 Å². The number of aliphatic hydroxyl groups excluding tert-OH is 8. The minimum atomic E-state index is -1.79. The Morgan fingerprint density at radius 1 is 0.556 bits per heavy atom. The predicted molar refractivity (Wildman–Crippen MR) is 245 cm³/mol. The molecular weight excluding hydrogens is 811 g/mol. The van der Waals surface area contributed by atoms with Gasteiger partial charge in [0.2, 0.25) is 5.91 Å².